The van der Waals surface area contributed by atoms with Gasteiger partial charge in [0.05, 0.1) is 11.4 Å². The zero-order valence-corrected chi connectivity index (χ0v) is 15.7. The number of hydrogen-bond donors (Lipinski definition) is 0. The molecule has 0 N–H and O–H groups in total. The molecule has 0 spiro atoms. The maximum Gasteiger partial charge on any atom is 0.0671 e. The molecule has 24 heavy (non-hydrogen) atoms. The van der Waals surface area contributed by atoms with E-state index in [-0.39, 0.29) is 0 Å². The molecule has 0 aliphatic rings. The van der Waals surface area contributed by atoms with Crippen molar-refractivity contribution < 1.29 is 0 Å². The highest BCUT2D eigenvalue weighted by Crippen LogP contribution is 2.16. The van der Waals surface area contributed by atoms with Crippen molar-refractivity contribution in [3.63, 3.8) is 0 Å². The van der Waals surface area contributed by atoms with Gasteiger partial charge in [0.25, 0.3) is 0 Å². The van der Waals surface area contributed by atoms with Crippen LogP contribution in [0.15, 0.2) is 58.7 Å². The minimum Gasteiger partial charge on any atom is -0.155 e. The van der Waals surface area contributed by atoms with Gasteiger partial charge in [-0.2, -0.15) is 10.2 Å². The van der Waals surface area contributed by atoms with Gasteiger partial charge in [0.2, 0.25) is 0 Å². The Morgan fingerprint density at radius 1 is 0.583 bits per heavy atom. The minimum absolute atomic E-state index is 0.547. The lowest BCUT2D eigenvalue weighted by Gasteiger charge is -2.07. The molecule has 0 amide bonds. The summed E-state index contributed by atoms with van der Waals surface area (Å²) in [6, 6.07) is 17.2. The van der Waals surface area contributed by atoms with E-state index < -0.39 is 0 Å². The summed E-state index contributed by atoms with van der Waals surface area (Å²) in [6.45, 7) is 12.8. The highest BCUT2D eigenvalue weighted by Gasteiger charge is 2.03. The Labute approximate surface area is 146 Å². The van der Waals surface area contributed by atoms with Gasteiger partial charge in [-0.05, 0) is 47.9 Å². The van der Waals surface area contributed by atoms with Crippen LogP contribution in [0, 0.1) is 0 Å². The highest BCUT2D eigenvalue weighted by molar-refractivity contribution is 6.01. The summed E-state index contributed by atoms with van der Waals surface area (Å²) in [4.78, 5) is 0. The summed E-state index contributed by atoms with van der Waals surface area (Å²) in [5.41, 5.74) is 6.79. The van der Waals surface area contributed by atoms with Crippen LogP contribution in [-0.4, -0.2) is 11.4 Å². The quantitative estimate of drug-likeness (QED) is 0.465. The molecule has 0 unspecified atom stereocenters. The normalized spacial score (nSPS) is 13.0. The van der Waals surface area contributed by atoms with E-state index in [0.29, 0.717) is 11.8 Å². The predicted octanol–water partition coefficient (Wildman–Crippen LogP) is 6.17. The Balaban J connectivity index is 2.15. The van der Waals surface area contributed by atoms with E-state index in [1.54, 1.807) is 0 Å². The third-order valence-electron chi connectivity index (χ3n) is 4.34. The van der Waals surface area contributed by atoms with Crippen molar-refractivity contribution in [2.45, 2.75) is 53.4 Å². The SMILES string of the molecule is C/C(=N\N=C(/C)c1ccc(C(C)C)cc1)c1ccc(C(C)C)cc1. The average molecular weight is 320 g/mol. The Kier molecular flexibility index (Phi) is 6.08. The Morgan fingerprint density at radius 3 is 1.12 bits per heavy atom. The van der Waals surface area contributed by atoms with E-state index in [2.05, 4.69) is 86.4 Å². The van der Waals surface area contributed by atoms with Crippen LogP contribution in [0.3, 0.4) is 0 Å². The van der Waals surface area contributed by atoms with E-state index in [1.165, 1.54) is 11.1 Å². The molecule has 0 aliphatic carbocycles. The second-order valence-corrected chi connectivity index (χ2v) is 6.92. The largest absolute Gasteiger partial charge is 0.155 e. The molecule has 0 heterocycles. The molecular formula is C22H28N2. The number of hydrogen-bond acceptors (Lipinski definition) is 2. The summed E-state index contributed by atoms with van der Waals surface area (Å²) in [5, 5.41) is 8.81. The fourth-order valence-corrected chi connectivity index (χ4v) is 2.48. The average Bonchev–Trinajstić information content (AvgIpc) is 2.59. The van der Waals surface area contributed by atoms with E-state index in [0.717, 1.165) is 22.6 Å². The molecule has 0 saturated heterocycles. The molecule has 0 radical (unpaired) electrons. The van der Waals surface area contributed by atoms with Crippen molar-refractivity contribution in [1.82, 2.24) is 0 Å². The van der Waals surface area contributed by atoms with Crippen molar-refractivity contribution in [3.05, 3.63) is 70.8 Å². The van der Waals surface area contributed by atoms with Gasteiger partial charge in [-0.1, -0.05) is 76.2 Å². The van der Waals surface area contributed by atoms with Crippen LogP contribution < -0.4 is 0 Å². The van der Waals surface area contributed by atoms with Crippen molar-refractivity contribution in [3.8, 4) is 0 Å². The van der Waals surface area contributed by atoms with Crippen LogP contribution in [0.1, 0.15) is 75.6 Å². The molecule has 2 nitrogen and oxygen atoms in total. The van der Waals surface area contributed by atoms with Crippen molar-refractivity contribution in [2.24, 2.45) is 10.2 Å². The molecule has 0 aromatic heterocycles. The lowest BCUT2D eigenvalue weighted by molar-refractivity contribution is 0.866. The van der Waals surface area contributed by atoms with Crippen LogP contribution in [-0.2, 0) is 0 Å². The zero-order chi connectivity index (χ0) is 17.7. The van der Waals surface area contributed by atoms with Gasteiger partial charge >= 0.3 is 0 Å². The Bertz CT molecular complexity index is 652. The van der Waals surface area contributed by atoms with E-state index in [4.69, 9.17) is 0 Å². The molecule has 0 aliphatic heterocycles. The van der Waals surface area contributed by atoms with E-state index in [9.17, 15) is 0 Å². The van der Waals surface area contributed by atoms with Gasteiger partial charge in [-0.15, -0.1) is 0 Å². The van der Waals surface area contributed by atoms with Crippen LogP contribution in [0.5, 0.6) is 0 Å². The first-order chi connectivity index (χ1) is 11.4. The van der Waals surface area contributed by atoms with Crippen LogP contribution in [0.4, 0.5) is 0 Å². The predicted molar refractivity (Wildman–Crippen MR) is 105 cm³/mol. The Hall–Kier alpha value is -2.22. The Morgan fingerprint density at radius 2 is 0.875 bits per heavy atom. The first-order valence-electron chi connectivity index (χ1n) is 8.68. The third kappa shape index (κ3) is 4.64. The first kappa shape index (κ1) is 18.1. The first-order valence-corrected chi connectivity index (χ1v) is 8.68. The van der Waals surface area contributed by atoms with Crippen LogP contribution in [0.25, 0.3) is 0 Å². The van der Waals surface area contributed by atoms with Crippen molar-refractivity contribution in [1.29, 1.82) is 0 Å². The summed E-state index contributed by atoms with van der Waals surface area (Å²) >= 11 is 0. The van der Waals surface area contributed by atoms with E-state index in [1.807, 2.05) is 13.8 Å². The molecule has 0 fully saturated rings. The van der Waals surface area contributed by atoms with Gasteiger partial charge in [-0.25, -0.2) is 0 Å². The summed E-state index contributed by atoms with van der Waals surface area (Å²) in [6.07, 6.45) is 0. The number of nitrogens with zero attached hydrogens (tertiary/aromatic N) is 2. The summed E-state index contributed by atoms with van der Waals surface area (Å²) in [7, 11) is 0. The van der Waals surface area contributed by atoms with Crippen molar-refractivity contribution >= 4 is 11.4 Å². The molecule has 0 atom stereocenters. The van der Waals surface area contributed by atoms with Gasteiger partial charge in [-0.3, -0.25) is 0 Å². The molecule has 0 saturated carbocycles. The monoisotopic (exact) mass is 320 g/mol. The lowest BCUT2D eigenvalue weighted by atomic mass is 10.0. The van der Waals surface area contributed by atoms with E-state index >= 15 is 0 Å². The third-order valence-corrected chi connectivity index (χ3v) is 4.34. The molecule has 2 rings (SSSR count). The van der Waals surface area contributed by atoms with Crippen LogP contribution >= 0.6 is 0 Å². The minimum atomic E-state index is 0.547. The van der Waals surface area contributed by atoms with Gasteiger partial charge in [0.15, 0.2) is 0 Å². The second kappa shape index (κ2) is 8.05. The van der Waals surface area contributed by atoms with Gasteiger partial charge in [0, 0.05) is 0 Å². The maximum absolute atomic E-state index is 4.41. The number of benzene rings is 2. The molecule has 2 aromatic rings. The van der Waals surface area contributed by atoms with Crippen molar-refractivity contribution in [2.75, 3.05) is 0 Å². The highest BCUT2D eigenvalue weighted by atomic mass is 15.2. The molecule has 2 aromatic carbocycles. The number of rotatable bonds is 5. The van der Waals surface area contributed by atoms with Gasteiger partial charge in [0.1, 0.15) is 0 Å². The van der Waals surface area contributed by atoms with Gasteiger partial charge < -0.3 is 0 Å². The molecular weight excluding hydrogens is 292 g/mol. The molecule has 126 valence electrons. The topological polar surface area (TPSA) is 24.7 Å². The zero-order valence-electron chi connectivity index (χ0n) is 15.7. The fraction of sp³-hybridized carbons (Fsp3) is 0.364. The second-order valence-electron chi connectivity index (χ2n) is 6.92. The maximum atomic E-state index is 4.41. The summed E-state index contributed by atoms with van der Waals surface area (Å²) < 4.78 is 0. The molecule has 0 bridgehead atoms. The lowest BCUT2D eigenvalue weighted by Crippen LogP contribution is -1.98. The fourth-order valence-electron chi connectivity index (χ4n) is 2.48. The molecule has 2 heteroatoms. The summed E-state index contributed by atoms with van der Waals surface area (Å²) in [5.74, 6) is 1.09. The smallest absolute Gasteiger partial charge is 0.0671 e. The standard InChI is InChI=1S/C22H28N2/c1-15(2)19-7-11-21(12-8-19)17(5)23-24-18(6)22-13-9-20(10-14-22)16(3)4/h7-16H,1-6H3/b23-17+,24-18+. The van der Waals surface area contributed by atoms with Crippen LogP contribution in [0.2, 0.25) is 0 Å².